The van der Waals surface area contributed by atoms with E-state index in [9.17, 15) is 13.2 Å². The summed E-state index contributed by atoms with van der Waals surface area (Å²) in [6.45, 7) is 0.0719. The molecule has 0 N–H and O–H groups in total. The second kappa shape index (κ2) is 6.09. The highest BCUT2D eigenvalue weighted by Gasteiger charge is 2.30. The van der Waals surface area contributed by atoms with Crippen molar-refractivity contribution in [1.29, 1.82) is 5.26 Å². The quantitative estimate of drug-likeness (QED) is 0.699. The average molecular weight is 234 g/mol. The van der Waals surface area contributed by atoms with E-state index < -0.39 is 12.6 Å². The van der Waals surface area contributed by atoms with Gasteiger partial charge in [-0.25, -0.2) is 0 Å². The molecule has 1 fully saturated rings. The molecule has 2 nitrogen and oxygen atoms in total. The van der Waals surface area contributed by atoms with Gasteiger partial charge in [-0.2, -0.15) is 18.4 Å². The number of halogens is 3. The Labute approximate surface area is 94.0 Å². The number of alkyl halides is 3. The summed E-state index contributed by atoms with van der Waals surface area (Å²) in [6, 6.07) is 2.14. The minimum atomic E-state index is -4.12. The standard InChI is InChI=1S/C11H17F3N2/c12-11(13,14)6-8-16(9-7-15)10-4-2-1-3-5-10/h10H,1-6,8-9H2. The van der Waals surface area contributed by atoms with Gasteiger partial charge in [-0.15, -0.1) is 0 Å². The largest absolute Gasteiger partial charge is 0.390 e. The van der Waals surface area contributed by atoms with Crippen molar-refractivity contribution in [2.75, 3.05) is 13.1 Å². The lowest BCUT2D eigenvalue weighted by atomic mass is 9.94. The van der Waals surface area contributed by atoms with Crippen LogP contribution in [0, 0.1) is 11.3 Å². The Morgan fingerprint density at radius 3 is 2.31 bits per heavy atom. The maximum Gasteiger partial charge on any atom is 0.390 e. The van der Waals surface area contributed by atoms with E-state index in [2.05, 4.69) is 0 Å². The first-order chi connectivity index (χ1) is 7.53. The highest BCUT2D eigenvalue weighted by Crippen LogP contribution is 2.25. The van der Waals surface area contributed by atoms with Gasteiger partial charge in [0.2, 0.25) is 0 Å². The first-order valence-electron chi connectivity index (χ1n) is 5.70. The molecule has 0 radical (unpaired) electrons. The van der Waals surface area contributed by atoms with E-state index >= 15 is 0 Å². The summed E-state index contributed by atoms with van der Waals surface area (Å²) in [5, 5.41) is 8.62. The summed E-state index contributed by atoms with van der Waals surface area (Å²) in [4.78, 5) is 1.69. The van der Waals surface area contributed by atoms with Crippen LogP contribution in [0.5, 0.6) is 0 Å². The zero-order chi connectivity index (χ0) is 12.0. The fourth-order valence-corrected chi connectivity index (χ4v) is 2.20. The Morgan fingerprint density at radius 1 is 1.19 bits per heavy atom. The minimum Gasteiger partial charge on any atom is -0.287 e. The molecule has 0 aliphatic heterocycles. The Hall–Kier alpha value is -0.760. The van der Waals surface area contributed by atoms with E-state index in [4.69, 9.17) is 5.26 Å². The SMILES string of the molecule is N#CCN(CCC(F)(F)F)C1CCCCC1. The van der Waals surface area contributed by atoms with E-state index in [0.717, 1.165) is 32.1 Å². The van der Waals surface area contributed by atoms with Gasteiger partial charge in [0.15, 0.2) is 0 Å². The number of hydrogen-bond donors (Lipinski definition) is 0. The van der Waals surface area contributed by atoms with Crippen molar-refractivity contribution < 1.29 is 13.2 Å². The fraction of sp³-hybridized carbons (Fsp3) is 0.909. The molecular formula is C11H17F3N2. The summed E-state index contributed by atoms with van der Waals surface area (Å²) in [5.41, 5.74) is 0. The molecule has 0 aromatic carbocycles. The van der Waals surface area contributed by atoms with Gasteiger partial charge in [0.25, 0.3) is 0 Å². The van der Waals surface area contributed by atoms with E-state index in [0.29, 0.717) is 0 Å². The summed E-state index contributed by atoms with van der Waals surface area (Å²) in [5.74, 6) is 0. The molecule has 16 heavy (non-hydrogen) atoms. The van der Waals surface area contributed by atoms with Gasteiger partial charge in [-0.3, -0.25) is 4.90 Å². The molecule has 92 valence electrons. The van der Waals surface area contributed by atoms with Crippen LogP contribution in [0.4, 0.5) is 13.2 Å². The van der Waals surface area contributed by atoms with Crippen LogP contribution < -0.4 is 0 Å². The number of nitriles is 1. The maximum atomic E-state index is 12.1. The highest BCUT2D eigenvalue weighted by atomic mass is 19.4. The van der Waals surface area contributed by atoms with Crippen molar-refractivity contribution in [3.63, 3.8) is 0 Å². The third kappa shape index (κ3) is 4.84. The number of hydrogen-bond acceptors (Lipinski definition) is 2. The smallest absolute Gasteiger partial charge is 0.287 e. The lowest BCUT2D eigenvalue weighted by molar-refractivity contribution is -0.139. The Balaban J connectivity index is 2.43. The lowest BCUT2D eigenvalue weighted by Gasteiger charge is -2.32. The molecule has 0 bridgehead atoms. The predicted octanol–water partition coefficient (Wildman–Crippen LogP) is 3.10. The third-order valence-corrected chi connectivity index (χ3v) is 3.05. The van der Waals surface area contributed by atoms with E-state index in [1.807, 2.05) is 6.07 Å². The van der Waals surface area contributed by atoms with Gasteiger partial charge in [0.1, 0.15) is 0 Å². The van der Waals surface area contributed by atoms with Crippen LogP contribution in [0.2, 0.25) is 0 Å². The van der Waals surface area contributed by atoms with Crippen molar-refractivity contribution in [3.8, 4) is 6.07 Å². The van der Waals surface area contributed by atoms with Gasteiger partial charge >= 0.3 is 6.18 Å². The van der Waals surface area contributed by atoms with Crippen LogP contribution in [0.15, 0.2) is 0 Å². The van der Waals surface area contributed by atoms with Crippen molar-refractivity contribution >= 4 is 0 Å². The van der Waals surface area contributed by atoms with Crippen LogP contribution in [0.25, 0.3) is 0 Å². The molecule has 0 atom stereocenters. The summed E-state index contributed by atoms with van der Waals surface area (Å²) in [6.07, 6.45) is 0.222. The van der Waals surface area contributed by atoms with Gasteiger partial charge in [-0.1, -0.05) is 19.3 Å². The molecule has 0 spiro atoms. The highest BCUT2D eigenvalue weighted by molar-refractivity contribution is 4.84. The first kappa shape index (κ1) is 13.3. The van der Waals surface area contributed by atoms with Crippen LogP contribution in [0.1, 0.15) is 38.5 Å². The second-order valence-corrected chi connectivity index (χ2v) is 4.29. The maximum absolute atomic E-state index is 12.1. The molecular weight excluding hydrogens is 217 g/mol. The average Bonchev–Trinajstić information content (AvgIpc) is 2.24. The zero-order valence-electron chi connectivity index (χ0n) is 9.26. The molecule has 0 amide bonds. The monoisotopic (exact) mass is 234 g/mol. The van der Waals surface area contributed by atoms with E-state index in [1.54, 1.807) is 4.90 Å². The lowest BCUT2D eigenvalue weighted by Crippen LogP contribution is -2.39. The molecule has 0 heterocycles. The summed E-state index contributed by atoms with van der Waals surface area (Å²) < 4.78 is 36.3. The summed E-state index contributed by atoms with van der Waals surface area (Å²) in [7, 11) is 0. The van der Waals surface area contributed by atoms with Gasteiger partial charge in [0.05, 0.1) is 19.0 Å². The molecule has 1 saturated carbocycles. The number of rotatable bonds is 4. The van der Waals surface area contributed by atoms with E-state index in [-0.39, 0.29) is 19.1 Å². The Morgan fingerprint density at radius 2 is 1.81 bits per heavy atom. The van der Waals surface area contributed by atoms with Crippen LogP contribution in [-0.4, -0.2) is 30.2 Å². The minimum absolute atomic E-state index is 0.0400. The molecule has 1 aliphatic rings. The normalized spacial score (nSPS) is 18.7. The number of nitrogens with zero attached hydrogens (tertiary/aromatic N) is 2. The molecule has 1 rings (SSSR count). The van der Waals surface area contributed by atoms with Gasteiger partial charge in [0, 0.05) is 12.6 Å². The van der Waals surface area contributed by atoms with Crippen molar-refractivity contribution in [3.05, 3.63) is 0 Å². The molecule has 0 unspecified atom stereocenters. The predicted molar refractivity (Wildman–Crippen MR) is 54.7 cm³/mol. The van der Waals surface area contributed by atoms with Crippen LogP contribution in [-0.2, 0) is 0 Å². The van der Waals surface area contributed by atoms with Crippen LogP contribution >= 0.6 is 0 Å². The Kier molecular flexibility index (Phi) is 5.07. The topological polar surface area (TPSA) is 27.0 Å². The van der Waals surface area contributed by atoms with Crippen molar-refractivity contribution in [2.24, 2.45) is 0 Å². The summed E-state index contributed by atoms with van der Waals surface area (Å²) >= 11 is 0. The second-order valence-electron chi connectivity index (χ2n) is 4.29. The Bertz CT molecular complexity index is 239. The third-order valence-electron chi connectivity index (χ3n) is 3.05. The molecule has 5 heteroatoms. The first-order valence-corrected chi connectivity index (χ1v) is 5.70. The van der Waals surface area contributed by atoms with Crippen molar-refractivity contribution in [2.45, 2.75) is 50.7 Å². The van der Waals surface area contributed by atoms with Crippen molar-refractivity contribution in [1.82, 2.24) is 4.90 Å². The molecule has 0 aromatic rings. The van der Waals surface area contributed by atoms with Crippen LogP contribution in [0.3, 0.4) is 0 Å². The zero-order valence-corrected chi connectivity index (χ0v) is 9.26. The molecule has 0 saturated heterocycles. The van der Waals surface area contributed by atoms with E-state index in [1.165, 1.54) is 0 Å². The van der Waals surface area contributed by atoms with Gasteiger partial charge < -0.3 is 0 Å². The molecule has 1 aliphatic carbocycles. The fourth-order valence-electron chi connectivity index (χ4n) is 2.20. The van der Waals surface area contributed by atoms with Gasteiger partial charge in [-0.05, 0) is 12.8 Å². The molecule has 0 aromatic heterocycles.